The second kappa shape index (κ2) is 16.7. The maximum Gasteiger partial charge on any atom is 0.529 e. The second-order valence-electron chi connectivity index (χ2n) is 6.11. The van der Waals surface area contributed by atoms with Gasteiger partial charge in [0.25, 0.3) is 0 Å². The van der Waals surface area contributed by atoms with Crippen LogP contribution in [0.25, 0.3) is 0 Å². The van der Waals surface area contributed by atoms with Gasteiger partial charge in [-0.3, -0.25) is 0 Å². The van der Waals surface area contributed by atoms with Crippen molar-refractivity contribution in [2.45, 2.75) is 91.9 Å². The highest BCUT2D eigenvalue weighted by atomic mass is 28.4. The topological polar surface area (TPSA) is 27.7 Å². The summed E-state index contributed by atoms with van der Waals surface area (Å²) in [5.41, 5.74) is 2.14. The number of unbranched alkanes of at least 4 members (excludes halogenated alkanes) is 6. The Kier molecular flexibility index (Phi) is 16.6. The average molecular weight is 345 g/mol. The van der Waals surface area contributed by atoms with Crippen LogP contribution in [-0.2, 0) is 13.3 Å². The Labute approximate surface area is 146 Å². The van der Waals surface area contributed by atoms with Crippen LogP contribution >= 0.6 is 0 Å². The molecule has 4 heteroatoms. The van der Waals surface area contributed by atoms with Crippen molar-refractivity contribution in [2.75, 3.05) is 19.8 Å². The van der Waals surface area contributed by atoms with Crippen LogP contribution in [0.15, 0.2) is 11.8 Å². The number of rotatable bonds is 17. The summed E-state index contributed by atoms with van der Waals surface area (Å²) in [5, 5.41) is 0. The molecule has 0 saturated carbocycles. The van der Waals surface area contributed by atoms with E-state index >= 15 is 0 Å². The van der Waals surface area contributed by atoms with Crippen LogP contribution in [0.1, 0.15) is 91.9 Å². The zero-order valence-electron chi connectivity index (χ0n) is 16.1. The lowest BCUT2D eigenvalue weighted by Gasteiger charge is -2.27. The summed E-state index contributed by atoms with van der Waals surface area (Å²) >= 11 is 0. The first-order valence-electron chi connectivity index (χ1n) is 9.84. The van der Waals surface area contributed by atoms with E-state index in [2.05, 4.69) is 39.5 Å². The van der Waals surface area contributed by atoms with E-state index in [0.717, 1.165) is 64.8 Å². The van der Waals surface area contributed by atoms with Gasteiger partial charge in [-0.15, -0.1) is 0 Å². The van der Waals surface area contributed by atoms with Crippen molar-refractivity contribution in [1.82, 2.24) is 0 Å². The molecule has 0 bridgehead atoms. The molecule has 0 amide bonds. The smallest absolute Gasteiger partial charge is 0.370 e. The molecule has 0 N–H and O–H groups in total. The first-order chi connectivity index (χ1) is 11.2. The van der Waals surface area contributed by atoms with Crippen LogP contribution in [-0.4, -0.2) is 28.6 Å². The van der Waals surface area contributed by atoms with Crippen molar-refractivity contribution in [3.05, 3.63) is 11.8 Å². The van der Waals surface area contributed by atoms with Gasteiger partial charge in [-0.05, 0) is 37.8 Å². The molecular formula is C19H40O3Si. The van der Waals surface area contributed by atoms with Crippen LogP contribution < -0.4 is 0 Å². The van der Waals surface area contributed by atoms with Gasteiger partial charge >= 0.3 is 8.80 Å². The van der Waals surface area contributed by atoms with Gasteiger partial charge in [0.1, 0.15) is 0 Å². The molecule has 0 aliphatic carbocycles. The lowest BCUT2D eigenvalue weighted by Crippen LogP contribution is -2.45. The minimum Gasteiger partial charge on any atom is -0.370 e. The molecule has 3 nitrogen and oxygen atoms in total. The van der Waals surface area contributed by atoms with Crippen molar-refractivity contribution in [2.24, 2.45) is 0 Å². The Balaban J connectivity index is 4.71. The van der Waals surface area contributed by atoms with E-state index in [1.54, 1.807) is 0 Å². The highest BCUT2D eigenvalue weighted by Crippen LogP contribution is 2.16. The molecule has 138 valence electrons. The van der Waals surface area contributed by atoms with Gasteiger partial charge in [0, 0.05) is 19.8 Å². The Bertz CT molecular complexity index is 243. The quantitative estimate of drug-likeness (QED) is 0.237. The van der Waals surface area contributed by atoms with Gasteiger partial charge in [-0.2, -0.15) is 0 Å². The summed E-state index contributed by atoms with van der Waals surface area (Å²) in [6.45, 7) is 11.0. The molecule has 0 rings (SSSR count). The highest BCUT2D eigenvalue weighted by Gasteiger charge is 2.38. The number of hydrogen-bond acceptors (Lipinski definition) is 3. The van der Waals surface area contributed by atoms with Crippen LogP contribution in [0.3, 0.4) is 0 Å². The second-order valence-corrected chi connectivity index (χ2v) is 8.51. The third-order valence-corrected chi connectivity index (χ3v) is 6.16. The van der Waals surface area contributed by atoms with Gasteiger partial charge in [-0.25, -0.2) is 0 Å². The Morgan fingerprint density at radius 1 is 0.609 bits per heavy atom. The van der Waals surface area contributed by atoms with E-state index in [4.69, 9.17) is 13.3 Å². The first kappa shape index (κ1) is 22.8. The predicted molar refractivity (Wildman–Crippen MR) is 102 cm³/mol. The van der Waals surface area contributed by atoms with Gasteiger partial charge in [0.05, 0.1) is 0 Å². The molecule has 0 radical (unpaired) electrons. The molecule has 0 saturated heterocycles. The SMILES string of the molecule is CCCCC/C=C/[Si](OCCCC)(OCCCC)OCCCC. The zero-order chi connectivity index (χ0) is 17.2. The fourth-order valence-electron chi connectivity index (χ4n) is 2.09. The summed E-state index contributed by atoms with van der Waals surface area (Å²) < 4.78 is 18.5. The predicted octanol–water partition coefficient (Wildman–Crippen LogP) is 6.05. The Morgan fingerprint density at radius 2 is 1.04 bits per heavy atom. The fourth-order valence-corrected chi connectivity index (χ4v) is 4.37. The van der Waals surface area contributed by atoms with Gasteiger partial charge in [0.15, 0.2) is 0 Å². The van der Waals surface area contributed by atoms with Crippen molar-refractivity contribution in [3.63, 3.8) is 0 Å². The monoisotopic (exact) mass is 344 g/mol. The Morgan fingerprint density at radius 3 is 1.43 bits per heavy atom. The van der Waals surface area contributed by atoms with Crippen molar-refractivity contribution < 1.29 is 13.3 Å². The highest BCUT2D eigenvalue weighted by molar-refractivity contribution is 6.66. The molecule has 0 heterocycles. The molecule has 0 spiro atoms. The van der Waals surface area contributed by atoms with Crippen LogP contribution in [0.4, 0.5) is 0 Å². The molecule has 23 heavy (non-hydrogen) atoms. The fraction of sp³-hybridized carbons (Fsp3) is 0.895. The minimum atomic E-state index is -2.65. The largest absolute Gasteiger partial charge is 0.529 e. The lowest BCUT2D eigenvalue weighted by atomic mass is 10.2. The molecule has 0 aromatic rings. The zero-order valence-corrected chi connectivity index (χ0v) is 17.1. The lowest BCUT2D eigenvalue weighted by molar-refractivity contribution is 0.0684. The summed E-state index contributed by atoms with van der Waals surface area (Å²) in [7, 11) is -2.65. The van der Waals surface area contributed by atoms with E-state index in [1.807, 2.05) is 0 Å². The maximum absolute atomic E-state index is 6.18. The van der Waals surface area contributed by atoms with Crippen LogP contribution in [0.5, 0.6) is 0 Å². The molecule has 0 aromatic heterocycles. The molecule has 0 atom stereocenters. The van der Waals surface area contributed by atoms with Gasteiger partial charge < -0.3 is 13.3 Å². The van der Waals surface area contributed by atoms with Gasteiger partial charge in [0.2, 0.25) is 0 Å². The first-order valence-corrected chi connectivity index (χ1v) is 11.6. The molecule has 0 unspecified atom stereocenters. The minimum absolute atomic E-state index is 0.736. The third-order valence-electron chi connectivity index (χ3n) is 3.70. The molecular weight excluding hydrogens is 304 g/mol. The molecule has 0 aromatic carbocycles. The summed E-state index contributed by atoms with van der Waals surface area (Å²) in [5.74, 6) is 0. The van der Waals surface area contributed by atoms with Crippen LogP contribution in [0, 0.1) is 0 Å². The molecule has 0 aliphatic rings. The normalized spacial score (nSPS) is 12.3. The van der Waals surface area contributed by atoms with E-state index in [9.17, 15) is 0 Å². The summed E-state index contributed by atoms with van der Waals surface area (Å²) in [6.07, 6.45) is 13.7. The molecule has 0 fully saturated rings. The van der Waals surface area contributed by atoms with E-state index in [0.29, 0.717) is 0 Å². The van der Waals surface area contributed by atoms with E-state index in [1.165, 1.54) is 19.3 Å². The molecule has 0 aliphatic heterocycles. The number of allylic oxidation sites excluding steroid dienone is 1. The standard InChI is InChI=1S/C19H40O3Si/c1-5-9-13-14-15-19-23(20-16-10-6-2,21-17-11-7-3)22-18-12-8-4/h15,19H,5-14,16-18H2,1-4H3/b19-15+. The van der Waals surface area contributed by atoms with E-state index < -0.39 is 8.80 Å². The number of hydrogen-bond donors (Lipinski definition) is 0. The maximum atomic E-state index is 6.18. The van der Waals surface area contributed by atoms with Crippen molar-refractivity contribution in [1.29, 1.82) is 0 Å². The van der Waals surface area contributed by atoms with E-state index in [-0.39, 0.29) is 0 Å². The third kappa shape index (κ3) is 12.9. The van der Waals surface area contributed by atoms with Crippen LogP contribution in [0.2, 0.25) is 0 Å². The van der Waals surface area contributed by atoms with Crippen molar-refractivity contribution in [3.8, 4) is 0 Å². The van der Waals surface area contributed by atoms with Crippen molar-refractivity contribution >= 4 is 8.80 Å². The summed E-state index contributed by atoms with van der Waals surface area (Å²) in [6, 6.07) is 0. The Hall–Kier alpha value is -0.163. The average Bonchev–Trinajstić information content (AvgIpc) is 2.55. The van der Waals surface area contributed by atoms with Gasteiger partial charge in [-0.1, -0.05) is 65.9 Å². The summed E-state index contributed by atoms with van der Waals surface area (Å²) in [4.78, 5) is 0.